The summed E-state index contributed by atoms with van der Waals surface area (Å²) in [7, 11) is 0. The van der Waals surface area contributed by atoms with Gasteiger partial charge in [-0.2, -0.15) is 0 Å². The van der Waals surface area contributed by atoms with Crippen LogP contribution in [0.3, 0.4) is 0 Å². The van der Waals surface area contributed by atoms with Crippen molar-refractivity contribution in [3.8, 4) is 0 Å². The van der Waals surface area contributed by atoms with Crippen LogP contribution in [0.25, 0.3) is 0 Å². The van der Waals surface area contributed by atoms with Crippen LogP contribution in [0.5, 0.6) is 0 Å². The lowest BCUT2D eigenvalue weighted by atomic mass is 10.1. The van der Waals surface area contributed by atoms with Crippen LogP contribution in [0, 0.1) is 0 Å². The molecule has 2 amide bonds. The third-order valence-corrected chi connectivity index (χ3v) is 3.96. The first kappa shape index (κ1) is 13.3. The zero-order valence-corrected chi connectivity index (χ0v) is 11.6. The van der Waals surface area contributed by atoms with E-state index < -0.39 is 0 Å². The Morgan fingerprint density at radius 2 is 2.25 bits per heavy atom. The van der Waals surface area contributed by atoms with Crippen molar-refractivity contribution in [2.24, 2.45) is 0 Å². The highest BCUT2D eigenvalue weighted by Crippen LogP contribution is 2.16. The van der Waals surface area contributed by atoms with Gasteiger partial charge in [0, 0.05) is 44.5 Å². The summed E-state index contributed by atoms with van der Waals surface area (Å²) in [5, 5.41) is 3.14. The molecular weight excluding hydrogens is 280 g/mol. The van der Waals surface area contributed by atoms with Gasteiger partial charge in [-0.15, -0.1) is 0 Å². The summed E-state index contributed by atoms with van der Waals surface area (Å²) in [5.74, 6) is -0.103. The number of halogens is 1. The van der Waals surface area contributed by atoms with Gasteiger partial charge in [-0.1, -0.05) is 11.6 Å². The summed E-state index contributed by atoms with van der Waals surface area (Å²) in [6.45, 7) is 3.30. The zero-order valence-electron chi connectivity index (χ0n) is 10.9. The highest BCUT2D eigenvalue weighted by Gasteiger charge is 2.36. The van der Waals surface area contributed by atoms with Crippen molar-refractivity contribution in [2.75, 3.05) is 32.7 Å². The fourth-order valence-corrected chi connectivity index (χ4v) is 2.85. The third-order valence-electron chi connectivity index (χ3n) is 3.75. The minimum Gasteiger partial charge on any atom is -0.353 e. The van der Waals surface area contributed by atoms with E-state index in [9.17, 15) is 9.59 Å². The van der Waals surface area contributed by atoms with Gasteiger partial charge in [0.15, 0.2) is 0 Å². The van der Waals surface area contributed by atoms with Crippen molar-refractivity contribution in [3.05, 3.63) is 29.0 Å². The van der Waals surface area contributed by atoms with E-state index in [1.165, 1.54) is 6.20 Å². The van der Waals surface area contributed by atoms with Gasteiger partial charge in [-0.05, 0) is 12.1 Å². The summed E-state index contributed by atoms with van der Waals surface area (Å²) >= 11 is 5.81. The quantitative estimate of drug-likeness (QED) is 0.740. The topological polar surface area (TPSA) is 65.5 Å². The highest BCUT2D eigenvalue weighted by molar-refractivity contribution is 6.29. The third kappa shape index (κ3) is 2.48. The molecular formula is C13H15ClN4O2. The van der Waals surface area contributed by atoms with Crippen LogP contribution < -0.4 is 5.32 Å². The molecule has 0 radical (unpaired) electrons. The summed E-state index contributed by atoms with van der Waals surface area (Å²) < 4.78 is 0. The molecule has 20 heavy (non-hydrogen) atoms. The normalized spacial score (nSPS) is 23.1. The lowest BCUT2D eigenvalue weighted by Crippen LogP contribution is -2.64. The number of nitrogens with zero attached hydrogens (tertiary/aromatic N) is 3. The summed E-state index contributed by atoms with van der Waals surface area (Å²) in [4.78, 5) is 32.0. The molecule has 0 spiro atoms. The minimum atomic E-state index is -0.237. The number of fused-ring (bicyclic) bond motifs is 1. The highest BCUT2D eigenvalue weighted by atomic mass is 35.5. The zero-order chi connectivity index (χ0) is 14.1. The van der Waals surface area contributed by atoms with Gasteiger partial charge in [-0.3, -0.25) is 14.5 Å². The van der Waals surface area contributed by atoms with E-state index in [4.69, 9.17) is 11.6 Å². The molecule has 106 valence electrons. The van der Waals surface area contributed by atoms with Crippen molar-refractivity contribution >= 4 is 23.4 Å². The Labute approximate surface area is 121 Å². The Bertz CT molecular complexity index is 551. The second-order valence-corrected chi connectivity index (χ2v) is 5.35. The van der Waals surface area contributed by atoms with Crippen molar-refractivity contribution in [3.63, 3.8) is 0 Å². The number of aromatic nitrogens is 1. The van der Waals surface area contributed by atoms with Crippen LogP contribution >= 0.6 is 11.6 Å². The fourth-order valence-electron chi connectivity index (χ4n) is 2.68. The monoisotopic (exact) mass is 294 g/mol. The molecule has 3 heterocycles. The summed E-state index contributed by atoms with van der Waals surface area (Å²) in [5.41, 5.74) is 0.509. The number of hydrogen-bond acceptors (Lipinski definition) is 4. The van der Waals surface area contributed by atoms with Crippen molar-refractivity contribution in [1.82, 2.24) is 20.1 Å². The molecule has 0 aromatic carbocycles. The average Bonchev–Trinajstić information content (AvgIpc) is 2.47. The number of nitrogens with one attached hydrogen (secondary N) is 1. The Morgan fingerprint density at radius 1 is 1.40 bits per heavy atom. The van der Waals surface area contributed by atoms with Gasteiger partial charge >= 0.3 is 0 Å². The van der Waals surface area contributed by atoms with Crippen LogP contribution in [0.2, 0.25) is 5.15 Å². The number of piperazine rings is 2. The van der Waals surface area contributed by atoms with Gasteiger partial charge < -0.3 is 10.2 Å². The Hall–Kier alpha value is -1.66. The molecule has 1 aromatic heterocycles. The van der Waals surface area contributed by atoms with E-state index in [2.05, 4.69) is 15.2 Å². The van der Waals surface area contributed by atoms with E-state index in [1.54, 1.807) is 17.0 Å². The van der Waals surface area contributed by atoms with Crippen LogP contribution in [0.1, 0.15) is 10.4 Å². The van der Waals surface area contributed by atoms with Gasteiger partial charge in [0.1, 0.15) is 11.2 Å². The van der Waals surface area contributed by atoms with Gasteiger partial charge in [0.25, 0.3) is 5.91 Å². The predicted octanol–water partition coefficient (Wildman–Crippen LogP) is -0.00880. The number of amides is 2. The van der Waals surface area contributed by atoms with E-state index in [-0.39, 0.29) is 17.9 Å². The maximum Gasteiger partial charge on any atom is 0.254 e. The Kier molecular flexibility index (Phi) is 3.58. The summed E-state index contributed by atoms with van der Waals surface area (Å²) in [6.07, 6.45) is 1.51. The SMILES string of the molecule is O=C1NCCN2CCN(C(=O)c3ccnc(Cl)c3)C[C@H]12. The smallest absolute Gasteiger partial charge is 0.254 e. The molecule has 2 saturated heterocycles. The second kappa shape index (κ2) is 5.38. The van der Waals surface area contributed by atoms with Crippen LogP contribution in [0.15, 0.2) is 18.3 Å². The molecule has 0 aliphatic carbocycles. The first-order valence-electron chi connectivity index (χ1n) is 6.58. The van der Waals surface area contributed by atoms with E-state index in [1.807, 2.05) is 0 Å². The molecule has 7 heteroatoms. The van der Waals surface area contributed by atoms with Gasteiger partial charge in [0.2, 0.25) is 5.91 Å². The van der Waals surface area contributed by atoms with Gasteiger partial charge in [0.05, 0.1) is 0 Å². The van der Waals surface area contributed by atoms with Crippen LogP contribution in [0.4, 0.5) is 0 Å². The van der Waals surface area contributed by atoms with Gasteiger partial charge in [-0.25, -0.2) is 4.98 Å². The van der Waals surface area contributed by atoms with Crippen molar-refractivity contribution < 1.29 is 9.59 Å². The van der Waals surface area contributed by atoms with E-state index in [0.717, 1.165) is 13.1 Å². The first-order valence-corrected chi connectivity index (χ1v) is 6.95. The molecule has 1 N–H and O–H groups in total. The molecule has 1 atom stereocenters. The first-order chi connectivity index (χ1) is 9.65. The fraction of sp³-hybridized carbons (Fsp3) is 0.462. The molecule has 0 bridgehead atoms. The van der Waals surface area contributed by atoms with Crippen LogP contribution in [-0.2, 0) is 4.79 Å². The molecule has 0 unspecified atom stereocenters. The minimum absolute atomic E-state index is 0.00140. The van der Waals surface area contributed by atoms with E-state index in [0.29, 0.717) is 30.4 Å². The lowest BCUT2D eigenvalue weighted by molar-refractivity contribution is -0.131. The molecule has 1 aromatic rings. The summed E-state index contributed by atoms with van der Waals surface area (Å²) in [6, 6.07) is 2.96. The molecule has 3 rings (SSSR count). The van der Waals surface area contributed by atoms with E-state index >= 15 is 0 Å². The molecule has 2 aliphatic rings. The number of hydrogen-bond donors (Lipinski definition) is 1. The molecule has 6 nitrogen and oxygen atoms in total. The predicted molar refractivity (Wildman–Crippen MR) is 73.5 cm³/mol. The maximum absolute atomic E-state index is 12.4. The van der Waals surface area contributed by atoms with Crippen molar-refractivity contribution in [1.29, 1.82) is 0 Å². The number of rotatable bonds is 1. The molecule has 2 aliphatic heterocycles. The molecule has 0 saturated carbocycles. The number of pyridine rings is 1. The number of carbonyl (C=O) groups excluding carboxylic acids is 2. The second-order valence-electron chi connectivity index (χ2n) is 4.96. The number of carbonyl (C=O) groups is 2. The Balaban J connectivity index is 1.75. The standard InChI is InChI=1S/C13H15ClN4O2/c14-11-7-9(1-2-15-11)13(20)18-6-5-17-4-3-16-12(19)10(17)8-18/h1-2,7,10H,3-6,8H2,(H,16,19)/t10-/m1/s1. The largest absolute Gasteiger partial charge is 0.353 e. The molecule has 2 fully saturated rings. The lowest BCUT2D eigenvalue weighted by Gasteiger charge is -2.43. The van der Waals surface area contributed by atoms with Crippen LogP contribution in [-0.4, -0.2) is 65.4 Å². The maximum atomic E-state index is 12.4. The Morgan fingerprint density at radius 3 is 3.05 bits per heavy atom. The van der Waals surface area contributed by atoms with Crippen molar-refractivity contribution in [2.45, 2.75) is 6.04 Å². The average molecular weight is 295 g/mol.